The maximum atomic E-state index is 10.7. The van der Waals surface area contributed by atoms with Crippen LogP contribution in [0.5, 0.6) is 0 Å². The zero-order valence-corrected chi connectivity index (χ0v) is 8.60. The Bertz CT molecular complexity index is 262. The van der Waals surface area contributed by atoms with Gasteiger partial charge in [-0.1, -0.05) is 0 Å². The van der Waals surface area contributed by atoms with Crippen molar-refractivity contribution >= 4 is 15.7 Å². The van der Waals surface area contributed by atoms with Gasteiger partial charge < -0.3 is 0 Å². The van der Waals surface area contributed by atoms with Crippen molar-refractivity contribution in [3.63, 3.8) is 0 Å². The molecule has 0 spiro atoms. The highest BCUT2D eigenvalue weighted by Crippen LogP contribution is 1.87. The fraction of sp³-hybridized carbons (Fsp3) is 0.833. The van der Waals surface area contributed by atoms with Gasteiger partial charge in [-0.3, -0.25) is 15.1 Å². The molecule has 1 amide bonds. The summed E-state index contributed by atoms with van der Waals surface area (Å²) < 4.78 is 21.5. The molecule has 6 nitrogen and oxygen atoms in total. The van der Waals surface area contributed by atoms with Crippen molar-refractivity contribution in [2.24, 2.45) is 5.84 Å². The van der Waals surface area contributed by atoms with Crippen LogP contribution in [0.2, 0.25) is 0 Å². The zero-order valence-electron chi connectivity index (χ0n) is 7.78. The van der Waals surface area contributed by atoms with Crippen LogP contribution in [-0.2, 0) is 14.6 Å². The Labute approximate surface area is 78.0 Å². The molecule has 0 fully saturated rings. The topological polar surface area (TPSA) is 92.5 Å². The van der Waals surface area contributed by atoms with Crippen LogP contribution in [0.25, 0.3) is 0 Å². The molecule has 0 aromatic rings. The molecule has 0 bridgehead atoms. The summed E-state index contributed by atoms with van der Waals surface area (Å²) in [6, 6.07) is 0. The number of amides is 1. The lowest BCUT2D eigenvalue weighted by Gasteiger charge is -2.13. The Morgan fingerprint density at radius 2 is 2.08 bits per heavy atom. The molecule has 0 aliphatic heterocycles. The van der Waals surface area contributed by atoms with Crippen molar-refractivity contribution < 1.29 is 13.2 Å². The number of rotatable bonds is 5. The summed E-state index contributed by atoms with van der Waals surface area (Å²) in [6.45, 7) is 0.429. The molecule has 0 aromatic heterocycles. The average molecular weight is 209 g/mol. The first-order chi connectivity index (χ1) is 5.85. The van der Waals surface area contributed by atoms with E-state index in [4.69, 9.17) is 5.84 Å². The first-order valence-electron chi connectivity index (χ1n) is 3.71. The van der Waals surface area contributed by atoms with E-state index in [2.05, 4.69) is 0 Å². The van der Waals surface area contributed by atoms with E-state index < -0.39 is 9.84 Å². The smallest absolute Gasteiger partial charge is 0.248 e. The van der Waals surface area contributed by atoms with Gasteiger partial charge in [0.25, 0.3) is 0 Å². The Morgan fingerprint density at radius 1 is 1.54 bits per heavy atom. The quantitative estimate of drug-likeness (QED) is 0.309. The van der Waals surface area contributed by atoms with Crippen molar-refractivity contribution in [3.05, 3.63) is 0 Å². The van der Waals surface area contributed by atoms with Crippen LogP contribution < -0.4 is 11.3 Å². The first-order valence-corrected chi connectivity index (χ1v) is 5.77. The van der Waals surface area contributed by atoms with E-state index in [-0.39, 0.29) is 18.2 Å². The molecule has 3 N–H and O–H groups in total. The van der Waals surface area contributed by atoms with Gasteiger partial charge in [0.15, 0.2) is 0 Å². The molecule has 0 heterocycles. The summed E-state index contributed by atoms with van der Waals surface area (Å²) in [5.74, 6) is 4.56. The van der Waals surface area contributed by atoms with Crippen LogP contribution in [0.1, 0.15) is 0 Å². The highest BCUT2D eigenvalue weighted by atomic mass is 32.2. The van der Waals surface area contributed by atoms with Crippen LogP contribution in [0.4, 0.5) is 0 Å². The summed E-state index contributed by atoms with van der Waals surface area (Å²) in [5.41, 5.74) is 1.96. The number of nitrogens with one attached hydrogen (secondary N) is 1. The Kier molecular flexibility index (Phi) is 4.89. The standard InChI is InChI=1S/C6H15N3O3S/c1-9(5-6(10)8-7)3-4-13(2,11)12/h3-5,7H2,1-2H3,(H,8,10). The third-order valence-corrected chi connectivity index (χ3v) is 2.34. The molecule has 0 aliphatic rings. The van der Waals surface area contributed by atoms with E-state index >= 15 is 0 Å². The third-order valence-electron chi connectivity index (χ3n) is 1.42. The highest BCUT2D eigenvalue weighted by molar-refractivity contribution is 7.90. The third kappa shape index (κ3) is 7.69. The van der Waals surface area contributed by atoms with Crippen LogP contribution in [0.3, 0.4) is 0 Å². The molecule has 0 aromatic carbocycles. The lowest BCUT2D eigenvalue weighted by atomic mass is 10.5. The normalized spacial score (nSPS) is 11.7. The van der Waals surface area contributed by atoms with Gasteiger partial charge in [-0.2, -0.15) is 0 Å². The number of sulfone groups is 1. The lowest BCUT2D eigenvalue weighted by molar-refractivity contribution is -0.121. The molecule has 13 heavy (non-hydrogen) atoms. The second-order valence-corrected chi connectivity index (χ2v) is 5.19. The van der Waals surface area contributed by atoms with Crippen molar-refractivity contribution in [2.45, 2.75) is 0 Å². The van der Waals surface area contributed by atoms with E-state index in [1.165, 1.54) is 0 Å². The molecular weight excluding hydrogens is 194 g/mol. The number of hydrogen-bond acceptors (Lipinski definition) is 5. The fourth-order valence-corrected chi connectivity index (χ4v) is 1.33. The number of nitrogens with two attached hydrogens (primary N) is 1. The number of carbonyl (C=O) groups is 1. The van der Waals surface area contributed by atoms with E-state index in [0.29, 0.717) is 6.54 Å². The molecule has 7 heteroatoms. The second kappa shape index (κ2) is 5.15. The van der Waals surface area contributed by atoms with Gasteiger partial charge in [0, 0.05) is 12.8 Å². The summed E-state index contributed by atoms with van der Waals surface area (Å²) in [6.07, 6.45) is 1.16. The molecule has 0 unspecified atom stereocenters. The van der Waals surface area contributed by atoms with Gasteiger partial charge in [0.05, 0.1) is 12.3 Å². The first kappa shape index (κ1) is 12.3. The number of hydrazine groups is 1. The van der Waals surface area contributed by atoms with Gasteiger partial charge in [-0.15, -0.1) is 0 Å². The van der Waals surface area contributed by atoms with Crippen molar-refractivity contribution in [1.82, 2.24) is 10.3 Å². The molecule has 0 aliphatic carbocycles. The minimum atomic E-state index is -2.97. The van der Waals surface area contributed by atoms with Crippen LogP contribution >= 0.6 is 0 Å². The van der Waals surface area contributed by atoms with Gasteiger partial charge in [-0.05, 0) is 7.05 Å². The number of likely N-dealkylation sites (N-methyl/N-ethyl adjacent to an activating group) is 1. The molecule has 0 saturated heterocycles. The van der Waals surface area contributed by atoms with Crippen molar-refractivity contribution in [2.75, 3.05) is 32.1 Å². The number of carbonyl (C=O) groups excluding carboxylic acids is 1. The van der Waals surface area contributed by atoms with Crippen LogP contribution in [0, 0.1) is 0 Å². The molecular formula is C6H15N3O3S. The summed E-state index contributed by atoms with van der Waals surface area (Å²) in [4.78, 5) is 12.3. The maximum absolute atomic E-state index is 10.7. The minimum Gasteiger partial charge on any atom is -0.297 e. The zero-order chi connectivity index (χ0) is 10.5. The number of hydrogen-bond donors (Lipinski definition) is 2. The van der Waals surface area contributed by atoms with Crippen LogP contribution in [0.15, 0.2) is 0 Å². The Hall–Kier alpha value is -0.660. The molecule has 0 rings (SSSR count). The van der Waals surface area contributed by atoms with E-state index in [1.54, 1.807) is 11.9 Å². The summed E-state index contributed by atoms with van der Waals surface area (Å²) in [7, 11) is -1.31. The predicted octanol–water partition coefficient (Wildman–Crippen LogP) is -2.05. The average Bonchev–Trinajstić information content (AvgIpc) is 1.99. The second-order valence-electron chi connectivity index (χ2n) is 2.94. The van der Waals surface area contributed by atoms with E-state index in [9.17, 15) is 13.2 Å². The van der Waals surface area contributed by atoms with Crippen molar-refractivity contribution in [1.29, 1.82) is 0 Å². The summed E-state index contributed by atoms with van der Waals surface area (Å²) in [5, 5.41) is 0. The van der Waals surface area contributed by atoms with E-state index in [1.807, 2.05) is 5.43 Å². The van der Waals surface area contributed by atoms with E-state index in [0.717, 1.165) is 6.26 Å². The fourth-order valence-electron chi connectivity index (χ4n) is 0.692. The van der Waals surface area contributed by atoms with Crippen molar-refractivity contribution in [3.8, 4) is 0 Å². The van der Waals surface area contributed by atoms with Gasteiger partial charge >= 0.3 is 0 Å². The minimum absolute atomic E-state index is 0.0430. The van der Waals surface area contributed by atoms with Gasteiger partial charge in [0.2, 0.25) is 5.91 Å². The highest BCUT2D eigenvalue weighted by Gasteiger charge is 2.08. The molecule has 0 saturated carbocycles. The lowest BCUT2D eigenvalue weighted by Crippen LogP contribution is -2.40. The predicted molar refractivity (Wildman–Crippen MR) is 49.5 cm³/mol. The summed E-state index contributed by atoms with van der Waals surface area (Å²) >= 11 is 0. The largest absolute Gasteiger partial charge is 0.297 e. The SMILES string of the molecule is CN(CCS(C)(=O)=O)CC(=O)NN. The Balaban J connectivity index is 3.76. The Morgan fingerprint density at radius 3 is 2.46 bits per heavy atom. The van der Waals surface area contributed by atoms with Crippen LogP contribution in [-0.4, -0.2) is 51.4 Å². The molecule has 0 radical (unpaired) electrons. The van der Waals surface area contributed by atoms with Gasteiger partial charge in [-0.25, -0.2) is 14.3 Å². The van der Waals surface area contributed by atoms with Gasteiger partial charge in [0.1, 0.15) is 9.84 Å². The maximum Gasteiger partial charge on any atom is 0.248 e. The molecule has 78 valence electrons. The molecule has 0 atom stereocenters. The number of nitrogens with zero attached hydrogens (tertiary/aromatic N) is 1. The monoisotopic (exact) mass is 209 g/mol.